The van der Waals surface area contributed by atoms with Crippen LogP contribution in [0.3, 0.4) is 0 Å². The fourth-order valence-corrected chi connectivity index (χ4v) is 2.57. The fourth-order valence-electron chi connectivity index (χ4n) is 1.86. The lowest BCUT2D eigenvalue weighted by Gasteiger charge is -2.32. The van der Waals surface area contributed by atoms with E-state index in [0.717, 1.165) is 12.1 Å². The van der Waals surface area contributed by atoms with E-state index in [-0.39, 0.29) is 0 Å². The highest BCUT2D eigenvalue weighted by Crippen LogP contribution is 2.23. The van der Waals surface area contributed by atoms with Crippen LogP contribution in [0.2, 0.25) is 0 Å². The van der Waals surface area contributed by atoms with Crippen LogP contribution in [0.15, 0.2) is 18.2 Å². The summed E-state index contributed by atoms with van der Waals surface area (Å²) in [4.78, 5) is 0. The summed E-state index contributed by atoms with van der Waals surface area (Å²) in [6, 6.07) is 3.21. The molecule has 3 nitrogen and oxygen atoms in total. The lowest BCUT2D eigenvalue weighted by atomic mass is 9.95. The minimum absolute atomic E-state index is 0.299. The SMILES string of the molecule is CNC(Cc1ccc(F)c(F)c1)C(C)(C)S(C)(=O)=O. The van der Waals surface area contributed by atoms with E-state index in [0.29, 0.717) is 12.0 Å². The van der Waals surface area contributed by atoms with Gasteiger partial charge in [-0.05, 0) is 45.0 Å². The van der Waals surface area contributed by atoms with Crippen molar-refractivity contribution in [1.82, 2.24) is 5.32 Å². The summed E-state index contributed by atoms with van der Waals surface area (Å²) in [5.74, 6) is -1.84. The van der Waals surface area contributed by atoms with Gasteiger partial charge in [0.2, 0.25) is 0 Å². The molecular weight excluding hydrogens is 272 g/mol. The molecule has 6 heteroatoms. The van der Waals surface area contributed by atoms with Crippen LogP contribution in [0.1, 0.15) is 19.4 Å². The molecule has 0 heterocycles. The summed E-state index contributed by atoms with van der Waals surface area (Å²) in [5, 5.41) is 2.94. The quantitative estimate of drug-likeness (QED) is 0.901. The Morgan fingerprint density at radius 3 is 2.26 bits per heavy atom. The van der Waals surface area contributed by atoms with E-state index in [2.05, 4.69) is 5.32 Å². The Balaban J connectivity index is 3.03. The second kappa shape index (κ2) is 5.54. The maximum Gasteiger partial charge on any atom is 0.159 e. The monoisotopic (exact) mass is 291 g/mol. The Bertz CT molecular complexity index is 556. The third kappa shape index (κ3) is 3.51. The van der Waals surface area contributed by atoms with E-state index in [1.54, 1.807) is 20.9 Å². The number of nitrogens with one attached hydrogen (secondary N) is 1. The van der Waals surface area contributed by atoms with E-state index in [1.807, 2.05) is 0 Å². The Hall–Kier alpha value is -1.01. The third-order valence-electron chi connectivity index (χ3n) is 3.57. The first kappa shape index (κ1) is 16.0. The van der Waals surface area contributed by atoms with Crippen LogP contribution in [0.25, 0.3) is 0 Å². The molecule has 0 radical (unpaired) electrons. The van der Waals surface area contributed by atoms with Crippen molar-refractivity contribution in [2.24, 2.45) is 0 Å². The van der Waals surface area contributed by atoms with Gasteiger partial charge in [-0.15, -0.1) is 0 Å². The largest absolute Gasteiger partial charge is 0.315 e. The summed E-state index contributed by atoms with van der Waals surface area (Å²) in [6.07, 6.45) is 1.47. The second-order valence-corrected chi connectivity index (χ2v) is 7.77. The summed E-state index contributed by atoms with van der Waals surface area (Å²) in [7, 11) is -1.63. The van der Waals surface area contributed by atoms with Gasteiger partial charge in [-0.2, -0.15) is 0 Å². The molecule has 0 saturated heterocycles. The maximum absolute atomic E-state index is 13.2. The molecule has 1 aromatic carbocycles. The standard InChI is InChI=1S/C13H19F2NO2S/c1-13(2,19(4,17)18)12(16-3)8-9-5-6-10(14)11(15)7-9/h5-7,12,16H,8H2,1-4H3. The Morgan fingerprint density at radius 1 is 1.26 bits per heavy atom. The first-order chi connectivity index (χ1) is 8.59. The van der Waals surface area contributed by atoms with Gasteiger partial charge in [-0.25, -0.2) is 17.2 Å². The van der Waals surface area contributed by atoms with Crippen LogP contribution in [0.5, 0.6) is 0 Å². The van der Waals surface area contributed by atoms with Gasteiger partial charge < -0.3 is 5.32 Å². The molecular formula is C13H19F2NO2S. The van der Waals surface area contributed by atoms with Gasteiger partial charge in [0, 0.05) is 12.3 Å². The second-order valence-electron chi connectivity index (χ2n) is 5.17. The van der Waals surface area contributed by atoms with Crippen LogP contribution in [0, 0.1) is 11.6 Å². The fraction of sp³-hybridized carbons (Fsp3) is 0.538. The predicted octanol–water partition coefficient (Wildman–Crippen LogP) is 1.92. The average molecular weight is 291 g/mol. The highest BCUT2D eigenvalue weighted by molar-refractivity contribution is 7.92. The molecule has 1 aromatic rings. The van der Waals surface area contributed by atoms with Crippen molar-refractivity contribution in [2.75, 3.05) is 13.3 Å². The first-order valence-electron chi connectivity index (χ1n) is 5.90. The number of halogens is 2. The smallest absolute Gasteiger partial charge is 0.159 e. The summed E-state index contributed by atoms with van der Waals surface area (Å²) < 4.78 is 48.6. The topological polar surface area (TPSA) is 46.2 Å². The molecule has 0 amide bonds. The number of rotatable bonds is 5. The molecule has 1 unspecified atom stereocenters. The molecule has 1 atom stereocenters. The lowest BCUT2D eigenvalue weighted by Crippen LogP contribution is -2.51. The molecule has 19 heavy (non-hydrogen) atoms. The van der Waals surface area contributed by atoms with Gasteiger partial charge in [-0.3, -0.25) is 0 Å². The van der Waals surface area contributed by atoms with Crippen molar-refractivity contribution in [3.63, 3.8) is 0 Å². The number of likely N-dealkylation sites (N-methyl/N-ethyl adjacent to an activating group) is 1. The molecule has 108 valence electrons. The van der Waals surface area contributed by atoms with Crippen LogP contribution in [-0.2, 0) is 16.3 Å². The Labute approximate surface area is 112 Å². The van der Waals surface area contributed by atoms with E-state index in [9.17, 15) is 17.2 Å². The minimum Gasteiger partial charge on any atom is -0.315 e. The van der Waals surface area contributed by atoms with Crippen molar-refractivity contribution in [1.29, 1.82) is 0 Å². The Morgan fingerprint density at radius 2 is 1.84 bits per heavy atom. The molecule has 0 bridgehead atoms. The first-order valence-corrected chi connectivity index (χ1v) is 7.79. The highest BCUT2D eigenvalue weighted by Gasteiger charge is 2.38. The van der Waals surface area contributed by atoms with Gasteiger partial charge in [0.1, 0.15) is 0 Å². The van der Waals surface area contributed by atoms with Crippen molar-refractivity contribution in [3.8, 4) is 0 Å². The maximum atomic E-state index is 13.2. The number of benzene rings is 1. The normalized spacial score (nSPS) is 14.4. The molecule has 0 saturated carbocycles. The zero-order valence-electron chi connectivity index (χ0n) is 11.5. The van der Waals surface area contributed by atoms with Gasteiger partial charge in [0.05, 0.1) is 4.75 Å². The van der Waals surface area contributed by atoms with E-state index < -0.39 is 32.3 Å². The molecule has 1 rings (SSSR count). The number of hydrogen-bond acceptors (Lipinski definition) is 3. The van der Waals surface area contributed by atoms with E-state index >= 15 is 0 Å². The zero-order chi connectivity index (χ0) is 14.8. The summed E-state index contributed by atoms with van der Waals surface area (Å²) >= 11 is 0. The van der Waals surface area contributed by atoms with Crippen molar-refractivity contribution in [2.45, 2.75) is 31.1 Å². The lowest BCUT2D eigenvalue weighted by molar-refractivity contribution is 0.429. The number of hydrogen-bond donors (Lipinski definition) is 1. The number of sulfone groups is 1. The van der Waals surface area contributed by atoms with Crippen molar-refractivity contribution in [3.05, 3.63) is 35.4 Å². The van der Waals surface area contributed by atoms with Gasteiger partial charge in [0.25, 0.3) is 0 Å². The molecule has 0 aliphatic carbocycles. The molecule has 0 aromatic heterocycles. The summed E-state index contributed by atoms with van der Waals surface area (Å²) in [6.45, 7) is 3.23. The molecule has 0 fully saturated rings. The van der Waals surface area contributed by atoms with Crippen LogP contribution in [-0.4, -0.2) is 32.5 Å². The molecule has 0 spiro atoms. The van der Waals surface area contributed by atoms with Gasteiger partial charge in [0.15, 0.2) is 21.5 Å². The highest BCUT2D eigenvalue weighted by atomic mass is 32.2. The minimum atomic E-state index is -3.28. The van der Waals surface area contributed by atoms with Crippen molar-refractivity contribution >= 4 is 9.84 Å². The predicted molar refractivity (Wildman–Crippen MR) is 71.8 cm³/mol. The zero-order valence-corrected chi connectivity index (χ0v) is 12.3. The van der Waals surface area contributed by atoms with Crippen LogP contribution in [0.4, 0.5) is 8.78 Å². The van der Waals surface area contributed by atoms with E-state index in [4.69, 9.17) is 0 Å². The van der Waals surface area contributed by atoms with Gasteiger partial charge >= 0.3 is 0 Å². The third-order valence-corrected chi connectivity index (χ3v) is 5.76. The van der Waals surface area contributed by atoms with Crippen molar-refractivity contribution < 1.29 is 17.2 Å². The molecule has 0 aliphatic heterocycles. The Kier molecular flexibility index (Phi) is 4.68. The summed E-state index contributed by atoms with van der Waals surface area (Å²) in [5.41, 5.74) is 0.551. The molecule has 1 N–H and O–H groups in total. The van der Waals surface area contributed by atoms with Crippen LogP contribution >= 0.6 is 0 Å². The van der Waals surface area contributed by atoms with E-state index in [1.165, 1.54) is 12.3 Å². The van der Waals surface area contributed by atoms with Gasteiger partial charge in [-0.1, -0.05) is 6.07 Å². The average Bonchev–Trinajstić information content (AvgIpc) is 2.28. The molecule has 0 aliphatic rings. The van der Waals surface area contributed by atoms with Crippen LogP contribution < -0.4 is 5.32 Å².